The number of carboxylic acids is 3. The van der Waals surface area contributed by atoms with Crippen LogP contribution in [-0.4, -0.2) is 33.2 Å². The minimum atomic E-state index is -0.835. The van der Waals surface area contributed by atoms with Crippen LogP contribution < -0.4 is 0 Å². The lowest BCUT2D eigenvalue weighted by atomic mass is 10.2. The van der Waals surface area contributed by atoms with Gasteiger partial charge in [-0.1, -0.05) is 18.2 Å². The Balaban J connectivity index is 0. The van der Waals surface area contributed by atoms with Gasteiger partial charge in [0.25, 0.3) is 0 Å². The Labute approximate surface area is 112 Å². The zero-order valence-electron chi connectivity index (χ0n) is 10.7. The minimum absolute atomic E-state index is 0.101. The van der Waals surface area contributed by atoms with Crippen molar-refractivity contribution in [1.82, 2.24) is 0 Å². The third kappa shape index (κ3) is 25.9. The lowest BCUT2D eigenvalue weighted by molar-refractivity contribution is -0.138. The number of rotatable bonds is 9. The largest absolute Gasteiger partial charge is 0.481 e. The molecule has 0 aromatic heterocycles. The highest BCUT2D eigenvalue weighted by atomic mass is 16.4. The van der Waals surface area contributed by atoms with E-state index in [4.69, 9.17) is 15.3 Å². The van der Waals surface area contributed by atoms with Gasteiger partial charge in [0.15, 0.2) is 0 Å². The molecule has 0 fully saturated rings. The fourth-order valence-electron chi connectivity index (χ4n) is 0.875. The van der Waals surface area contributed by atoms with Crippen LogP contribution in [-0.2, 0) is 14.4 Å². The smallest absolute Gasteiger partial charge is 0.303 e. The summed E-state index contributed by atoms with van der Waals surface area (Å²) >= 11 is 0. The van der Waals surface area contributed by atoms with Gasteiger partial charge in [-0.3, -0.25) is 14.4 Å². The first-order chi connectivity index (χ1) is 8.90. The molecule has 0 saturated heterocycles. The summed E-state index contributed by atoms with van der Waals surface area (Å²) in [5.41, 5.74) is 0. The first kappa shape index (κ1) is 19.2. The van der Waals surface area contributed by atoms with Gasteiger partial charge in [0, 0.05) is 19.3 Å². The maximum atomic E-state index is 10.0. The van der Waals surface area contributed by atoms with Gasteiger partial charge in [0.2, 0.25) is 0 Å². The number of carboxylic acid groups (broad SMARTS) is 3. The van der Waals surface area contributed by atoms with E-state index in [-0.39, 0.29) is 19.3 Å². The second kappa shape index (κ2) is 14.0. The summed E-state index contributed by atoms with van der Waals surface area (Å²) in [5.74, 6) is -2.43. The number of carbonyl (C=O) groups is 3. The molecule has 0 atom stereocenters. The Morgan fingerprint density at radius 2 is 1.05 bits per heavy atom. The van der Waals surface area contributed by atoms with Gasteiger partial charge in [0.1, 0.15) is 0 Å². The summed E-state index contributed by atoms with van der Waals surface area (Å²) in [6.45, 7) is 3.37. The molecule has 0 heterocycles. The summed E-state index contributed by atoms with van der Waals surface area (Å²) in [4.78, 5) is 29.7. The van der Waals surface area contributed by atoms with E-state index in [0.717, 1.165) is 0 Å². The average Bonchev–Trinajstić information content (AvgIpc) is 2.31. The first-order valence-electron chi connectivity index (χ1n) is 5.81. The summed E-state index contributed by atoms with van der Waals surface area (Å²) in [7, 11) is 0. The fraction of sp³-hybridized carbons (Fsp3) is 0.462. The van der Waals surface area contributed by atoms with E-state index in [0.29, 0.717) is 19.3 Å². The Hall–Kier alpha value is -2.11. The van der Waals surface area contributed by atoms with Crippen molar-refractivity contribution in [2.24, 2.45) is 0 Å². The summed E-state index contributed by atoms with van der Waals surface area (Å²) < 4.78 is 0. The summed E-state index contributed by atoms with van der Waals surface area (Å²) in [6, 6.07) is 0. The van der Waals surface area contributed by atoms with Crippen molar-refractivity contribution in [2.45, 2.75) is 38.5 Å². The van der Waals surface area contributed by atoms with Crippen LogP contribution in [0.3, 0.4) is 0 Å². The monoisotopic (exact) mass is 272 g/mol. The molecule has 0 spiro atoms. The van der Waals surface area contributed by atoms with Gasteiger partial charge < -0.3 is 15.3 Å². The Morgan fingerprint density at radius 3 is 1.26 bits per heavy atom. The predicted molar refractivity (Wildman–Crippen MR) is 69.9 cm³/mol. The van der Waals surface area contributed by atoms with Gasteiger partial charge >= 0.3 is 17.9 Å². The van der Waals surface area contributed by atoms with Crippen LogP contribution in [0.25, 0.3) is 0 Å². The minimum Gasteiger partial charge on any atom is -0.481 e. The third-order valence-electron chi connectivity index (χ3n) is 1.78. The van der Waals surface area contributed by atoms with Gasteiger partial charge in [-0.05, 0) is 19.3 Å². The number of aliphatic carboxylic acids is 3. The van der Waals surface area contributed by atoms with Crippen molar-refractivity contribution in [2.75, 3.05) is 0 Å². The number of allylic oxidation sites excluding steroid dienone is 3. The predicted octanol–water partition coefficient (Wildman–Crippen LogP) is 2.31. The second-order valence-electron chi connectivity index (χ2n) is 3.56. The van der Waals surface area contributed by atoms with Crippen LogP contribution in [0.4, 0.5) is 0 Å². The topological polar surface area (TPSA) is 112 Å². The van der Waals surface area contributed by atoms with Crippen molar-refractivity contribution in [3.8, 4) is 0 Å². The summed E-state index contributed by atoms with van der Waals surface area (Å²) in [5, 5.41) is 24.5. The molecule has 0 aliphatic rings. The molecule has 108 valence electrons. The van der Waals surface area contributed by atoms with Crippen molar-refractivity contribution < 1.29 is 29.7 Å². The van der Waals surface area contributed by atoms with Crippen LogP contribution in [0.2, 0.25) is 0 Å². The van der Waals surface area contributed by atoms with Crippen LogP contribution in [0.5, 0.6) is 0 Å². The molecular weight excluding hydrogens is 252 g/mol. The number of hydrogen-bond donors (Lipinski definition) is 3. The van der Waals surface area contributed by atoms with Crippen molar-refractivity contribution in [3.05, 3.63) is 24.8 Å². The van der Waals surface area contributed by atoms with Gasteiger partial charge in [-0.2, -0.15) is 0 Å². The molecule has 0 aromatic carbocycles. The van der Waals surface area contributed by atoms with E-state index in [1.165, 1.54) is 0 Å². The Bertz CT molecular complexity index is 299. The van der Waals surface area contributed by atoms with Crippen molar-refractivity contribution in [1.29, 1.82) is 0 Å². The third-order valence-corrected chi connectivity index (χ3v) is 1.78. The molecule has 0 bridgehead atoms. The van der Waals surface area contributed by atoms with Crippen LogP contribution >= 0.6 is 0 Å². The SMILES string of the molecule is C=CCCC(=O)O.O=C(O)CC/C=C\CCC(=O)O. The van der Waals surface area contributed by atoms with E-state index in [2.05, 4.69) is 6.58 Å². The van der Waals surface area contributed by atoms with Gasteiger partial charge in [-0.15, -0.1) is 6.58 Å². The second-order valence-corrected chi connectivity index (χ2v) is 3.56. The normalized spacial score (nSPS) is 9.47. The molecule has 0 aliphatic carbocycles. The van der Waals surface area contributed by atoms with E-state index in [1.54, 1.807) is 18.2 Å². The van der Waals surface area contributed by atoms with Crippen LogP contribution in [0.1, 0.15) is 38.5 Å². The lowest BCUT2D eigenvalue weighted by Crippen LogP contribution is -1.93. The van der Waals surface area contributed by atoms with Crippen LogP contribution in [0, 0.1) is 0 Å². The molecule has 3 N–H and O–H groups in total. The van der Waals surface area contributed by atoms with Gasteiger partial charge in [-0.25, -0.2) is 0 Å². The maximum absolute atomic E-state index is 10.0. The molecule has 0 aliphatic heterocycles. The molecule has 0 rings (SSSR count). The standard InChI is InChI=1S/C8H12O4.C5H8O2/c9-7(10)5-3-1-2-4-6-8(11)12;1-2-3-4-5(6)7/h1-2H,3-6H2,(H,9,10)(H,11,12);2H,1,3-4H2,(H,6,7)/b2-1-;. The van der Waals surface area contributed by atoms with E-state index >= 15 is 0 Å². The molecule has 19 heavy (non-hydrogen) atoms. The van der Waals surface area contributed by atoms with Crippen molar-refractivity contribution >= 4 is 17.9 Å². The quantitative estimate of drug-likeness (QED) is 0.555. The molecular formula is C13H20O6. The van der Waals surface area contributed by atoms with Gasteiger partial charge in [0.05, 0.1) is 0 Å². The zero-order chi connectivity index (χ0) is 15.1. The van der Waals surface area contributed by atoms with Crippen molar-refractivity contribution in [3.63, 3.8) is 0 Å². The molecule has 0 saturated carbocycles. The van der Waals surface area contributed by atoms with E-state index in [1.807, 2.05) is 0 Å². The Kier molecular flexibility index (Phi) is 14.1. The summed E-state index contributed by atoms with van der Waals surface area (Å²) in [6.07, 6.45) is 6.87. The highest BCUT2D eigenvalue weighted by Crippen LogP contribution is 1.95. The van der Waals surface area contributed by atoms with E-state index < -0.39 is 17.9 Å². The van der Waals surface area contributed by atoms with E-state index in [9.17, 15) is 14.4 Å². The molecule has 6 heteroatoms. The average molecular weight is 272 g/mol. The molecule has 0 radical (unpaired) electrons. The molecule has 0 aromatic rings. The highest BCUT2D eigenvalue weighted by molar-refractivity contribution is 5.67. The zero-order valence-corrected chi connectivity index (χ0v) is 10.7. The molecule has 0 unspecified atom stereocenters. The molecule has 6 nitrogen and oxygen atoms in total. The number of hydrogen-bond acceptors (Lipinski definition) is 3. The Morgan fingerprint density at radius 1 is 0.737 bits per heavy atom. The molecule has 0 amide bonds. The first-order valence-corrected chi connectivity index (χ1v) is 5.81. The lowest BCUT2D eigenvalue weighted by Gasteiger charge is -1.88. The van der Waals surface area contributed by atoms with Crippen LogP contribution in [0.15, 0.2) is 24.8 Å². The fourth-order valence-corrected chi connectivity index (χ4v) is 0.875. The highest BCUT2D eigenvalue weighted by Gasteiger charge is 1.93. The maximum Gasteiger partial charge on any atom is 0.303 e.